The van der Waals surface area contributed by atoms with E-state index < -0.39 is 5.97 Å². The number of carboxylic acid groups (broad SMARTS) is 1. The van der Waals surface area contributed by atoms with Crippen LogP contribution in [-0.2, 0) is 17.6 Å². The van der Waals surface area contributed by atoms with Gasteiger partial charge in [-0.3, -0.25) is 4.79 Å². The number of benzene rings is 1. The van der Waals surface area contributed by atoms with E-state index in [1.807, 2.05) is 0 Å². The van der Waals surface area contributed by atoms with Gasteiger partial charge in [0.15, 0.2) is 0 Å². The fourth-order valence-electron chi connectivity index (χ4n) is 3.18. The van der Waals surface area contributed by atoms with Crippen molar-refractivity contribution in [2.45, 2.75) is 58.3 Å². The number of carbonyl (C=O) groups is 1. The Balaban J connectivity index is 2.08. The minimum absolute atomic E-state index is 0.286. The minimum atomic E-state index is -0.684. The van der Waals surface area contributed by atoms with Crippen LogP contribution in [0.25, 0.3) is 0 Å². The van der Waals surface area contributed by atoms with Crippen molar-refractivity contribution in [2.75, 3.05) is 0 Å². The summed E-state index contributed by atoms with van der Waals surface area (Å²) in [5.41, 5.74) is 4.43. The average Bonchev–Trinajstić information content (AvgIpc) is 2.80. The van der Waals surface area contributed by atoms with E-state index in [1.165, 1.54) is 36.0 Å². The summed E-state index contributed by atoms with van der Waals surface area (Å²) in [4.78, 5) is 10.6. The van der Waals surface area contributed by atoms with Gasteiger partial charge < -0.3 is 5.11 Å². The van der Waals surface area contributed by atoms with Gasteiger partial charge in [-0.05, 0) is 60.6 Å². The zero-order valence-electron chi connectivity index (χ0n) is 12.0. The van der Waals surface area contributed by atoms with Gasteiger partial charge in [0.2, 0.25) is 0 Å². The van der Waals surface area contributed by atoms with Gasteiger partial charge in [-0.15, -0.1) is 0 Å². The molecular formula is C17H24O2. The molecule has 0 fully saturated rings. The lowest BCUT2D eigenvalue weighted by Gasteiger charge is -2.22. The number of aryl methyl sites for hydroxylation is 2. The van der Waals surface area contributed by atoms with Crippen molar-refractivity contribution in [1.82, 2.24) is 0 Å². The van der Waals surface area contributed by atoms with E-state index in [9.17, 15) is 4.79 Å². The lowest BCUT2D eigenvalue weighted by atomic mass is 9.83. The van der Waals surface area contributed by atoms with Crippen LogP contribution in [0.15, 0.2) is 18.2 Å². The number of rotatable bonds is 6. The fraction of sp³-hybridized carbons (Fsp3) is 0.588. The van der Waals surface area contributed by atoms with Gasteiger partial charge in [0.05, 0.1) is 0 Å². The Morgan fingerprint density at radius 1 is 1.26 bits per heavy atom. The van der Waals surface area contributed by atoms with Gasteiger partial charge in [-0.2, -0.15) is 0 Å². The van der Waals surface area contributed by atoms with Crippen LogP contribution >= 0.6 is 0 Å². The maximum absolute atomic E-state index is 10.6. The number of hydrogen-bond acceptors (Lipinski definition) is 1. The Labute approximate surface area is 115 Å². The topological polar surface area (TPSA) is 37.3 Å². The van der Waals surface area contributed by atoms with Crippen LogP contribution in [0.1, 0.15) is 62.1 Å². The van der Waals surface area contributed by atoms with Crippen molar-refractivity contribution in [1.29, 1.82) is 0 Å². The lowest BCUT2D eigenvalue weighted by molar-refractivity contribution is -0.137. The van der Waals surface area contributed by atoms with Crippen molar-refractivity contribution < 1.29 is 9.90 Å². The zero-order valence-corrected chi connectivity index (χ0v) is 12.0. The summed E-state index contributed by atoms with van der Waals surface area (Å²) in [7, 11) is 0. The highest BCUT2D eigenvalue weighted by atomic mass is 16.4. The first-order valence-electron chi connectivity index (χ1n) is 7.41. The van der Waals surface area contributed by atoms with E-state index in [0.717, 1.165) is 12.8 Å². The summed E-state index contributed by atoms with van der Waals surface area (Å²) in [6.45, 7) is 4.47. The lowest BCUT2D eigenvalue weighted by Crippen LogP contribution is -2.08. The Hall–Kier alpha value is -1.31. The third-order valence-electron chi connectivity index (χ3n) is 4.26. The standard InChI is InChI=1S/C17H24O2/c1-12(2)16(7-4-8-17(18)19)15-10-9-13-5-3-6-14(13)11-15/h9-12,16H,3-8H2,1-2H3,(H,18,19). The van der Waals surface area contributed by atoms with Crippen LogP contribution in [0.5, 0.6) is 0 Å². The molecule has 0 aromatic heterocycles. The SMILES string of the molecule is CC(C)C(CCCC(=O)O)c1ccc2c(c1)CCC2. The number of aliphatic carboxylic acids is 1. The molecule has 1 N–H and O–H groups in total. The summed E-state index contributed by atoms with van der Waals surface area (Å²) in [6.07, 6.45) is 5.75. The predicted octanol–water partition coefficient (Wildman–Crippen LogP) is 4.17. The number of fused-ring (bicyclic) bond motifs is 1. The average molecular weight is 260 g/mol. The summed E-state index contributed by atoms with van der Waals surface area (Å²) >= 11 is 0. The molecule has 0 saturated heterocycles. The van der Waals surface area contributed by atoms with Gasteiger partial charge in [0.25, 0.3) is 0 Å². The summed E-state index contributed by atoms with van der Waals surface area (Å²) < 4.78 is 0. The largest absolute Gasteiger partial charge is 0.481 e. The molecule has 0 amide bonds. The molecule has 1 aliphatic rings. The van der Waals surface area contributed by atoms with Crippen LogP contribution in [0, 0.1) is 5.92 Å². The first-order chi connectivity index (χ1) is 9.08. The molecule has 19 heavy (non-hydrogen) atoms. The minimum Gasteiger partial charge on any atom is -0.481 e. The van der Waals surface area contributed by atoms with E-state index in [1.54, 1.807) is 0 Å². The molecule has 2 rings (SSSR count). The maximum atomic E-state index is 10.6. The van der Waals surface area contributed by atoms with Crippen molar-refractivity contribution >= 4 is 5.97 Å². The van der Waals surface area contributed by atoms with Gasteiger partial charge >= 0.3 is 5.97 Å². The first-order valence-corrected chi connectivity index (χ1v) is 7.41. The molecule has 0 spiro atoms. The highest BCUT2D eigenvalue weighted by molar-refractivity contribution is 5.66. The van der Waals surface area contributed by atoms with E-state index in [-0.39, 0.29) is 6.42 Å². The first kappa shape index (κ1) is 14.1. The molecule has 0 saturated carbocycles. The predicted molar refractivity (Wildman–Crippen MR) is 77.5 cm³/mol. The van der Waals surface area contributed by atoms with E-state index in [0.29, 0.717) is 11.8 Å². The highest BCUT2D eigenvalue weighted by Crippen LogP contribution is 2.33. The van der Waals surface area contributed by atoms with Crippen molar-refractivity contribution in [3.63, 3.8) is 0 Å². The van der Waals surface area contributed by atoms with E-state index in [4.69, 9.17) is 5.11 Å². The molecule has 104 valence electrons. The third kappa shape index (κ3) is 3.59. The molecular weight excluding hydrogens is 236 g/mol. The van der Waals surface area contributed by atoms with Gasteiger partial charge in [0, 0.05) is 6.42 Å². The van der Waals surface area contributed by atoms with Gasteiger partial charge in [-0.25, -0.2) is 0 Å². The molecule has 1 atom stereocenters. The normalized spacial score (nSPS) is 15.5. The molecule has 1 aromatic carbocycles. The maximum Gasteiger partial charge on any atom is 0.303 e. The quantitative estimate of drug-likeness (QED) is 0.833. The smallest absolute Gasteiger partial charge is 0.303 e. The van der Waals surface area contributed by atoms with Crippen LogP contribution < -0.4 is 0 Å². The zero-order chi connectivity index (χ0) is 13.8. The third-order valence-corrected chi connectivity index (χ3v) is 4.26. The molecule has 1 aliphatic carbocycles. The Bertz CT molecular complexity index is 449. The Morgan fingerprint density at radius 2 is 2.00 bits per heavy atom. The van der Waals surface area contributed by atoms with Crippen molar-refractivity contribution in [3.8, 4) is 0 Å². The van der Waals surface area contributed by atoms with Crippen LogP contribution in [0.3, 0.4) is 0 Å². The fourth-order valence-corrected chi connectivity index (χ4v) is 3.18. The molecule has 0 bridgehead atoms. The Kier molecular flexibility index (Phi) is 4.62. The van der Waals surface area contributed by atoms with E-state index in [2.05, 4.69) is 32.0 Å². The monoisotopic (exact) mass is 260 g/mol. The van der Waals surface area contributed by atoms with E-state index >= 15 is 0 Å². The molecule has 0 radical (unpaired) electrons. The van der Waals surface area contributed by atoms with Gasteiger partial charge in [0.1, 0.15) is 0 Å². The molecule has 1 unspecified atom stereocenters. The molecule has 2 nitrogen and oxygen atoms in total. The Morgan fingerprint density at radius 3 is 2.68 bits per heavy atom. The molecule has 0 heterocycles. The molecule has 2 heteroatoms. The molecule has 0 aliphatic heterocycles. The second kappa shape index (κ2) is 6.23. The second-order valence-corrected chi connectivity index (χ2v) is 6.02. The number of hydrogen-bond donors (Lipinski definition) is 1. The van der Waals surface area contributed by atoms with Crippen molar-refractivity contribution in [2.24, 2.45) is 5.92 Å². The van der Waals surface area contributed by atoms with Crippen LogP contribution in [0.4, 0.5) is 0 Å². The highest BCUT2D eigenvalue weighted by Gasteiger charge is 2.19. The second-order valence-electron chi connectivity index (χ2n) is 6.02. The van der Waals surface area contributed by atoms with Crippen LogP contribution in [0.2, 0.25) is 0 Å². The summed E-state index contributed by atoms with van der Waals surface area (Å²) in [6, 6.07) is 6.91. The molecule has 1 aromatic rings. The summed E-state index contributed by atoms with van der Waals surface area (Å²) in [5.74, 6) is 0.370. The van der Waals surface area contributed by atoms with Gasteiger partial charge in [-0.1, -0.05) is 32.0 Å². The summed E-state index contributed by atoms with van der Waals surface area (Å²) in [5, 5.41) is 8.76. The van der Waals surface area contributed by atoms with Crippen LogP contribution in [-0.4, -0.2) is 11.1 Å². The number of carboxylic acids is 1. The van der Waals surface area contributed by atoms with Crippen molar-refractivity contribution in [3.05, 3.63) is 34.9 Å².